The number of benzene rings is 4. The Balaban J connectivity index is 1.42. The van der Waals surface area contributed by atoms with E-state index in [1.165, 1.54) is 0 Å². The average molecular weight is 863 g/mol. The number of hydrogen-bond acceptors (Lipinski definition) is 8. The van der Waals surface area contributed by atoms with E-state index in [-0.39, 0.29) is 5.56 Å². The number of aliphatic imine (C=N–C) groups is 4. The van der Waals surface area contributed by atoms with Crippen LogP contribution in [-0.4, -0.2) is 43.8 Å². The van der Waals surface area contributed by atoms with Crippen LogP contribution in [0.4, 0.5) is 0 Å². The summed E-state index contributed by atoms with van der Waals surface area (Å²) in [4.78, 5) is 69.3. The molecule has 5 aliphatic rings. The minimum absolute atomic E-state index is 0.286. The zero-order valence-electron chi connectivity index (χ0n) is 30.8. The van der Waals surface area contributed by atoms with E-state index in [1.807, 2.05) is 48.6 Å². The molecule has 0 fully saturated rings. The van der Waals surface area contributed by atoms with Crippen LogP contribution in [-0.2, 0) is 0 Å². The molecule has 4 aromatic carbocycles. The number of halogens is 4. The monoisotopic (exact) mass is 860 g/mol. The van der Waals surface area contributed by atoms with Crippen molar-refractivity contribution in [3.63, 3.8) is 0 Å². The lowest BCUT2D eigenvalue weighted by atomic mass is 9.85. The highest BCUT2D eigenvalue weighted by Crippen LogP contribution is 2.46. The molecule has 0 radical (unpaired) electrons. The van der Waals surface area contributed by atoms with Gasteiger partial charge in [-0.1, -0.05) is 48.5 Å². The fraction of sp³-hybridized carbons (Fsp3) is 0. The van der Waals surface area contributed by atoms with Crippen LogP contribution in [0.25, 0.3) is 22.3 Å². The number of carbonyl (C=O) groups is 4. The maximum atomic E-state index is 12.3. The molecule has 0 saturated heterocycles. The number of fused-ring (bicyclic) bond motifs is 4. The number of nitrogens with zero attached hydrogens (tertiary/aromatic N) is 4. The fourth-order valence-corrected chi connectivity index (χ4v) is 7.79. The van der Waals surface area contributed by atoms with E-state index in [0.717, 1.165) is 5.56 Å². The van der Waals surface area contributed by atoms with Gasteiger partial charge < -0.3 is 0 Å². The molecule has 5 aliphatic heterocycles. The van der Waals surface area contributed by atoms with Crippen LogP contribution in [0.1, 0.15) is 63.7 Å². The second kappa shape index (κ2) is 15.8. The predicted octanol–water partition coefficient (Wildman–Crippen LogP) is 11.2. The minimum Gasteiger partial charge on any atom is -0.276 e. The Labute approximate surface area is 362 Å². The van der Waals surface area contributed by atoms with Gasteiger partial charge in [0.25, 0.3) is 21.0 Å². The first-order chi connectivity index (χ1) is 29.0. The molecule has 60 heavy (non-hydrogen) atoms. The summed E-state index contributed by atoms with van der Waals surface area (Å²) in [6, 6.07) is 27.5. The lowest BCUT2D eigenvalue weighted by molar-refractivity contribution is 0.107. The van der Waals surface area contributed by atoms with Crippen molar-refractivity contribution in [3.05, 3.63) is 213 Å². The van der Waals surface area contributed by atoms with Gasteiger partial charge in [-0.15, -0.1) is 0 Å². The first kappa shape index (κ1) is 38.8. The van der Waals surface area contributed by atoms with Gasteiger partial charge >= 0.3 is 0 Å². The van der Waals surface area contributed by atoms with Crippen LogP contribution < -0.4 is 0 Å². The highest BCUT2D eigenvalue weighted by molar-refractivity contribution is 6.69. The molecule has 0 amide bonds. The summed E-state index contributed by atoms with van der Waals surface area (Å²) in [6.07, 6.45) is 15.1. The quantitative estimate of drug-likeness (QED) is 0.164. The van der Waals surface area contributed by atoms with Crippen molar-refractivity contribution in [2.24, 2.45) is 20.0 Å². The van der Waals surface area contributed by atoms with E-state index >= 15 is 0 Å². The largest absolute Gasteiger partial charge is 0.276 e. The Morgan fingerprint density at radius 3 is 1.23 bits per heavy atom. The Hall–Kier alpha value is -6.68. The second-order valence-corrected chi connectivity index (χ2v) is 15.2. The smallest absolute Gasteiger partial charge is 0.252 e. The lowest BCUT2D eigenvalue weighted by Crippen LogP contribution is -2.07. The van der Waals surface area contributed by atoms with Crippen molar-refractivity contribution >= 4 is 113 Å². The van der Waals surface area contributed by atoms with Crippen LogP contribution in [0, 0.1) is 0 Å². The molecule has 0 saturated carbocycles. The number of hydrogen-bond donors (Lipinski definition) is 0. The van der Waals surface area contributed by atoms with Gasteiger partial charge in [0.1, 0.15) is 0 Å². The van der Waals surface area contributed by atoms with E-state index in [0.29, 0.717) is 101 Å². The SMILES string of the molecule is O=C(Cl)c1ccc(C2=CC3=CC4=NC(=CC5=NC(=CC6=NC(=C(c7ccc(C(=O)Cl)cc7)C2=N3)C(c2ccc(C(=O)Cl)cc2)=C6c2ccc(C(=O)Cl)cc2)C=C5)C=C4)cc1. The van der Waals surface area contributed by atoms with Crippen molar-refractivity contribution in [1.82, 2.24) is 0 Å². The van der Waals surface area contributed by atoms with Gasteiger partial charge in [-0.05, 0) is 166 Å². The van der Waals surface area contributed by atoms with E-state index in [9.17, 15) is 19.2 Å². The van der Waals surface area contributed by atoms with Gasteiger partial charge in [0.15, 0.2) is 0 Å². The molecule has 0 aliphatic carbocycles. The molecule has 0 aromatic heterocycles. The highest BCUT2D eigenvalue weighted by Gasteiger charge is 2.33. The predicted molar refractivity (Wildman–Crippen MR) is 240 cm³/mol. The summed E-state index contributed by atoms with van der Waals surface area (Å²) < 4.78 is 0. The molecule has 12 heteroatoms. The maximum Gasteiger partial charge on any atom is 0.252 e. The molecule has 0 N–H and O–H groups in total. The van der Waals surface area contributed by atoms with Gasteiger partial charge in [-0.25, -0.2) is 20.0 Å². The molecule has 5 heterocycles. The van der Waals surface area contributed by atoms with Crippen molar-refractivity contribution in [3.8, 4) is 0 Å². The average Bonchev–Trinajstić information content (AvgIpc) is 4.06. The van der Waals surface area contributed by atoms with Crippen molar-refractivity contribution in [1.29, 1.82) is 0 Å². The summed E-state index contributed by atoms with van der Waals surface area (Å²) in [5, 5.41) is -2.44. The normalized spacial score (nSPS) is 16.5. The third-order valence-electron chi connectivity index (χ3n) is 10.1. The Bertz CT molecular complexity index is 3030. The van der Waals surface area contributed by atoms with Crippen molar-refractivity contribution in [2.75, 3.05) is 0 Å². The third-order valence-corrected chi connectivity index (χ3v) is 11.0. The minimum atomic E-state index is -0.623. The molecule has 0 atom stereocenters. The number of allylic oxidation sites excluding steroid dienone is 12. The zero-order chi connectivity index (χ0) is 41.7. The summed E-state index contributed by atoms with van der Waals surface area (Å²) >= 11 is 23.6. The molecule has 0 unspecified atom stereocenters. The van der Waals surface area contributed by atoms with Crippen LogP contribution in [0.2, 0.25) is 0 Å². The van der Waals surface area contributed by atoms with Gasteiger partial charge in [-0.3, -0.25) is 19.2 Å². The van der Waals surface area contributed by atoms with E-state index < -0.39 is 21.0 Å². The molecular formula is C48H24Cl4N4O4. The molecule has 9 rings (SSSR count). The Morgan fingerprint density at radius 1 is 0.367 bits per heavy atom. The first-order valence-electron chi connectivity index (χ1n) is 18.3. The van der Waals surface area contributed by atoms with Gasteiger partial charge in [0, 0.05) is 44.5 Å². The van der Waals surface area contributed by atoms with Crippen LogP contribution in [0.15, 0.2) is 188 Å². The molecule has 288 valence electrons. The summed E-state index contributed by atoms with van der Waals surface area (Å²) in [7, 11) is 0. The van der Waals surface area contributed by atoms with Crippen LogP contribution in [0.5, 0.6) is 0 Å². The Morgan fingerprint density at radius 2 is 0.767 bits per heavy atom. The number of rotatable bonds is 8. The van der Waals surface area contributed by atoms with Crippen LogP contribution >= 0.6 is 46.4 Å². The van der Waals surface area contributed by atoms with Crippen LogP contribution in [0.3, 0.4) is 0 Å². The van der Waals surface area contributed by atoms with Crippen molar-refractivity contribution < 1.29 is 19.2 Å². The molecule has 8 bridgehead atoms. The summed E-state index contributed by atoms with van der Waals surface area (Å²) in [6.45, 7) is 0. The topological polar surface area (TPSA) is 118 Å². The third kappa shape index (κ3) is 7.54. The maximum absolute atomic E-state index is 12.3. The molecule has 4 aromatic rings. The molecular weight excluding hydrogens is 838 g/mol. The number of carbonyl (C=O) groups excluding carboxylic acids is 4. The lowest BCUT2D eigenvalue weighted by Gasteiger charge is -2.18. The Kier molecular flexibility index (Phi) is 10.2. The summed E-state index contributed by atoms with van der Waals surface area (Å²) in [5.41, 5.74) is 11.4. The van der Waals surface area contributed by atoms with E-state index in [4.69, 9.17) is 66.4 Å². The summed E-state index contributed by atoms with van der Waals surface area (Å²) in [5.74, 6) is 0. The first-order valence-corrected chi connectivity index (χ1v) is 19.8. The van der Waals surface area contributed by atoms with Crippen molar-refractivity contribution in [2.45, 2.75) is 0 Å². The standard InChI is InChI=1S/C48H24Cl4N4O4/c49-45(57)29-9-1-25(2-10-29)38-23-37-22-35-18-17-33(53-35)21-34-19-20-36(54-34)24-39-40(26-3-11-30(12-4-26)46(50)58)41(27-5-13-31(14-6-27)47(51)59)44(56-39)42(43(38)55-37)28-7-15-32(16-8-28)48(52)60/h1-24H. The molecule has 0 spiro atoms. The van der Waals surface area contributed by atoms with Gasteiger partial charge in [0.2, 0.25) is 0 Å². The molecule has 8 nitrogen and oxygen atoms in total. The second-order valence-electron chi connectivity index (χ2n) is 13.8. The fourth-order valence-electron chi connectivity index (χ4n) is 7.28. The highest BCUT2D eigenvalue weighted by atomic mass is 35.5. The van der Waals surface area contributed by atoms with E-state index in [2.05, 4.69) is 0 Å². The van der Waals surface area contributed by atoms with E-state index in [1.54, 1.807) is 97.1 Å². The van der Waals surface area contributed by atoms with Gasteiger partial charge in [0.05, 0.1) is 45.6 Å². The zero-order valence-corrected chi connectivity index (χ0v) is 33.8. The van der Waals surface area contributed by atoms with Gasteiger partial charge in [-0.2, -0.15) is 0 Å².